The van der Waals surface area contributed by atoms with E-state index in [4.69, 9.17) is 5.10 Å². The molecule has 0 saturated carbocycles. The highest BCUT2D eigenvalue weighted by molar-refractivity contribution is 7.99. The van der Waals surface area contributed by atoms with E-state index < -0.39 is 0 Å². The van der Waals surface area contributed by atoms with Crippen molar-refractivity contribution in [2.75, 3.05) is 5.75 Å². The summed E-state index contributed by atoms with van der Waals surface area (Å²) in [5.74, 6) is 1.43. The van der Waals surface area contributed by atoms with Gasteiger partial charge < -0.3 is 5.11 Å². The highest BCUT2D eigenvalue weighted by atomic mass is 32.2. The summed E-state index contributed by atoms with van der Waals surface area (Å²) >= 11 is 1.59. The second-order valence-electron chi connectivity index (χ2n) is 6.41. The number of hydrogen-bond donors (Lipinski definition) is 1. The molecule has 6 heteroatoms. The number of fused-ring (bicyclic) bond motifs is 1. The molecular weight excluding hydrogens is 368 g/mol. The van der Waals surface area contributed by atoms with Gasteiger partial charge in [-0.2, -0.15) is 9.78 Å². The second kappa shape index (κ2) is 6.98. The Bertz CT molecular complexity index is 1170. The third kappa shape index (κ3) is 2.97. The molecule has 0 amide bonds. The van der Waals surface area contributed by atoms with Gasteiger partial charge in [0.25, 0.3) is 0 Å². The van der Waals surface area contributed by atoms with Crippen LogP contribution in [0, 0.1) is 0 Å². The van der Waals surface area contributed by atoms with E-state index in [1.165, 1.54) is 11.1 Å². The van der Waals surface area contributed by atoms with Gasteiger partial charge in [0.2, 0.25) is 5.16 Å². The van der Waals surface area contributed by atoms with Gasteiger partial charge in [-0.3, -0.25) is 0 Å². The van der Waals surface area contributed by atoms with Crippen LogP contribution in [0.2, 0.25) is 0 Å². The van der Waals surface area contributed by atoms with Crippen LogP contribution in [0.3, 0.4) is 0 Å². The summed E-state index contributed by atoms with van der Waals surface area (Å²) in [7, 11) is 0. The highest BCUT2D eigenvalue weighted by Gasteiger charge is 2.22. The molecule has 5 rings (SSSR count). The monoisotopic (exact) mass is 384 g/mol. The fourth-order valence-electron chi connectivity index (χ4n) is 3.19. The molecule has 3 aromatic carbocycles. The largest absolute Gasteiger partial charge is 0.507 e. The third-order valence-corrected chi connectivity index (χ3v) is 5.57. The molecule has 0 spiro atoms. The maximum Gasteiger partial charge on any atom is 0.212 e. The predicted octanol–water partition coefficient (Wildman–Crippen LogP) is 4.68. The number of hydrogen-bond acceptors (Lipinski definition) is 5. The molecule has 0 aliphatic carbocycles. The molecule has 136 valence electrons. The van der Waals surface area contributed by atoms with E-state index >= 15 is 0 Å². The maximum absolute atomic E-state index is 10.2. The van der Waals surface area contributed by atoms with E-state index in [0.29, 0.717) is 11.4 Å². The number of benzene rings is 3. The Kier molecular flexibility index (Phi) is 4.18. The van der Waals surface area contributed by atoms with Gasteiger partial charge >= 0.3 is 0 Å². The van der Waals surface area contributed by atoms with E-state index in [-0.39, 0.29) is 5.75 Å². The minimum Gasteiger partial charge on any atom is -0.507 e. The molecule has 5 nitrogen and oxygen atoms in total. The van der Waals surface area contributed by atoms with Crippen molar-refractivity contribution in [1.82, 2.24) is 14.9 Å². The van der Waals surface area contributed by atoms with E-state index in [2.05, 4.69) is 46.6 Å². The molecule has 2 heterocycles. The van der Waals surface area contributed by atoms with Crippen molar-refractivity contribution in [1.29, 1.82) is 0 Å². The van der Waals surface area contributed by atoms with Crippen molar-refractivity contribution in [3.8, 4) is 28.3 Å². The summed E-state index contributed by atoms with van der Waals surface area (Å²) < 4.78 is 1.71. The molecular formula is C22H16N4OS. The molecule has 1 aliphatic heterocycles. The predicted molar refractivity (Wildman–Crippen MR) is 112 cm³/mol. The standard InChI is InChI=1S/C22H16N4OS/c27-20-9-5-4-8-18(20)21-23-24-22-26(21)25-19(14-28-22)17-12-10-16(11-13-17)15-6-2-1-3-7-15/h1-13,27H,14H2. The minimum atomic E-state index is 0.164. The van der Waals surface area contributed by atoms with Gasteiger partial charge in [-0.25, -0.2) is 0 Å². The Hall–Kier alpha value is -3.38. The van der Waals surface area contributed by atoms with Crippen LogP contribution in [0.1, 0.15) is 5.56 Å². The number of thioether (sulfide) groups is 1. The number of phenols is 1. The van der Waals surface area contributed by atoms with E-state index in [9.17, 15) is 5.11 Å². The zero-order valence-corrected chi connectivity index (χ0v) is 15.7. The van der Waals surface area contributed by atoms with E-state index in [1.807, 2.05) is 30.3 Å². The molecule has 0 unspecified atom stereocenters. The third-order valence-electron chi connectivity index (χ3n) is 4.64. The second-order valence-corrected chi connectivity index (χ2v) is 7.36. The summed E-state index contributed by atoms with van der Waals surface area (Å²) in [5, 5.41) is 24.1. The number of nitrogens with zero attached hydrogens (tertiary/aromatic N) is 4. The number of aromatic nitrogens is 3. The van der Waals surface area contributed by atoms with Crippen molar-refractivity contribution in [2.24, 2.45) is 5.10 Å². The normalized spacial score (nSPS) is 13.1. The lowest BCUT2D eigenvalue weighted by atomic mass is 10.0. The SMILES string of the molecule is Oc1ccccc1-c1nnc2n1N=C(c1ccc(-c3ccccc3)cc1)CS2. The van der Waals surface area contributed by atoms with Gasteiger partial charge in [0.15, 0.2) is 5.82 Å². The molecule has 0 saturated heterocycles. The first-order valence-corrected chi connectivity index (χ1v) is 9.88. The van der Waals surface area contributed by atoms with E-state index in [0.717, 1.165) is 22.2 Å². The molecule has 0 bridgehead atoms. The fourth-order valence-corrected chi connectivity index (χ4v) is 4.02. The van der Waals surface area contributed by atoms with Crippen LogP contribution in [-0.4, -0.2) is 31.4 Å². The zero-order chi connectivity index (χ0) is 18.9. The number of para-hydroxylation sites is 1. The fraction of sp³-hybridized carbons (Fsp3) is 0.0455. The summed E-state index contributed by atoms with van der Waals surface area (Å²) in [6, 6.07) is 25.8. The first-order valence-electron chi connectivity index (χ1n) is 8.90. The number of rotatable bonds is 3. The molecule has 0 radical (unpaired) electrons. The first-order chi connectivity index (χ1) is 13.8. The minimum absolute atomic E-state index is 0.164. The Labute approximate surface area is 166 Å². The average molecular weight is 384 g/mol. The topological polar surface area (TPSA) is 63.3 Å². The van der Waals surface area contributed by atoms with Crippen LogP contribution in [0.4, 0.5) is 0 Å². The van der Waals surface area contributed by atoms with Crippen molar-refractivity contribution in [3.63, 3.8) is 0 Å². The lowest BCUT2D eigenvalue weighted by molar-refractivity contribution is 0.476. The van der Waals surface area contributed by atoms with Gasteiger partial charge in [0.05, 0.1) is 11.3 Å². The quantitative estimate of drug-likeness (QED) is 0.557. The van der Waals surface area contributed by atoms with Crippen LogP contribution >= 0.6 is 11.8 Å². The van der Waals surface area contributed by atoms with Gasteiger partial charge in [-0.1, -0.05) is 78.5 Å². The van der Waals surface area contributed by atoms with Crippen LogP contribution in [0.15, 0.2) is 89.1 Å². The Morgan fingerprint density at radius 3 is 2.21 bits per heavy atom. The van der Waals surface area contributed by atoms with Crippen molar-refractivity contribution >= 4 is 17.5 Å². The Morgan fingerprint density at radius 1 is 0.750 bits per heavy atom. The number of aromatic hydroxyl groups is 1. The highest BCUT2D eigenvalue weighted by Crippen LogP contribution is 2.32. The number of phenolic OH excluding ortho intramolecular Hbond substituents is 1. The van der Waals surface area contributed by atoms with Crippen molar-refractivity contribution < 1.29 is 5.11 Å². The lowest BCUT2D eigenvalue weighted by Crippen LogP contribution is -2.13. The van der Waals surface area contributed by atoms with Gasteiger partial charge in [0, 0.05) is 5.75 Å². The van der Waals surface area contributed by atoms with E-state index in [1.54, 1.807) is 28.6 Å². The summed E-state index contributed by atoms with van der Waals surface area (Å²) in [4.78, 5) is 0. The summed E-state index contributed by atoms with van der Waals surface area (Å²) in [6.07, 6.45) is 0. The zero-order valence-electron chi connectivity index (χ0n) is 14.9. The maximum atomic E-state index is 10.2. The van der Waals surface area contributed by atoms with Gasteiger partial charge in [-0.05, 0) is 28.8 Å². The summed E-state index contributed by atoms with van der Waals surface area (Å²) in [5.41, 5.74) is 5.00. The molecule has 1 aromatic heterocycles. The molecule has 4 aromatic rings. The Balaban J connectivity index is 1.51. The van der Waals surface area contributed by atoms with Crippen LogP contribution in [-0.2, 0) is 0 Å². The van der Waals surface area contributed by atoms with Crippen LogP contribution in [0.5, 0.6) is 5.75 Å². The Morgan fingerprint density at radius 2 is 1.43 bits per heavy atom. The van der Waals surface area contributed by atoms with Crippen LogP contribution < -0.4 is 0 Å². The van der Waals surface area contributed by atoms with Gasteiger partial charge in [-0.15, -0.1) is 10.2 Å². The van der Waals surface area contributed by atoms with Crippen molar-refractivity contribution in [3.05, 3.63) is 84.4 Å². The van der Waals surface area contributed by atoms with Crippen LogP contribution in [0.25, 0.3) is 22.5 Å². The molecule has 0 atom stereocenters. The molecule has 0 fully saturated rings. The average Bonchev–Trinajstić information content (AvgIpc) is 3.18. The molecule has 28 heavy (non-hydrogen) atoms. The van der Waals surface area contributed by atoms with Gasteiger partial charge in [0.1, 0.15) is 5.75 Å². The summed E-state index contributed by atoms with van der Waals surface area (Å²) in [6.45, 7) is 0. The van der Waals surface area contributed by atoms with Crippen molar-refractivity contribution in [2.45, 2.75) is 5.16 Å². The smallest absolute Gasteiger partial charge is 0.212 e. The first kappa shape index (κ1) is 16.8. The molecule has 1 N–H and O–H groups in total. The lowest BCUT2D eigenvalue weighted by Gasteiger charge is -2.14. The molecule has 1 aliphatic rings.